The number of nitrogens with one attached hydrogen (secondary N) is 1. The molecular weight excluding hydrogens is 166 g/mol. The molecule has 2 rings (SSSR count). The van der Waals surface area contributed by atoms with Gasteiger partial charge in [-0.25, -0.2) is 0 Å². The summed E-state index contributed by atoms with van der Waals surface area (Å²) in [7, 11) is 0. The summed E-state index contributed by atoms with van der Waals surface area (Å²) < 4.78 is 0. The van der Waals surface area contributed by atoms with Gasteiger partial charge in [0.25, 0.3) is 0 Å². The fraction of sp³-hybridized carbons (Fsp3) is 0.400. The fourth-order valence-electron chi connectivity index (χ4n) is 1.52. The molecule has 1 heterocycles. The van der Waals surface area contributed by atoms with E-state index in [0.29, 0.717) is 13.0 Å². The molecule has 1 aliphatic heterocycles. The Bertz CT molecular complexity index is 263. The van der Waals surface area contributed by atoms with Crippen molar-refractivity contribution in [1.29, 1.82) is 0 Å². The van der Waals surface area contributed by atoms with Crippen LogP contribution in [0.4, 0.5) is 0 Å². The van der Waals surface area contributed by atoms with E-state index in [0.717, 1.165) is 5.56 Å². The minimum atomic E-state index is -0.355. The van der Waals surface area contributed by atoms with Gasteiger partial charge in [-0.3, -0.25) is 4.84 Å². The molecule has 0 saturated carbocycles. The largest absolute Gasteiger partial charge is 0.391 e. The van der Waals surface area contributed by atoms with Crippen LogP contribution < -0.4 is 5.48 Å². The molecule has 2 atom stereocenters. The second-order valence-electron chi connectivity index (χ2n) is 3.28. The van der Waals surface area contributed by atoms with E-state index < -0.39 is 0 Å². The number of hydrogen-bond acceptors (Lipinski definition) is 3. The Morgan fingerprint density at radius 3 is 2.77 bits per heavy atom. The molecule has 1 aromatic carbocycles. The van der Waals surface area contributed by atoms with Crippen LogP contribution in [0.3, 0.4) is 0 Å². The van der Waals surface area contributed by atoms with Gasteiger partial charge in [0.1, 0.15) is 0 Å². The van der Waals surface area contributed by atoms with Crippen molar-refractivity contribution in [1.82, 2.24) is 5.48 Å². The number of hydrogen-bond donors (Lipinski definition) is 2. The van der Waals surface area contributed by atoms with E-state index in [4.69, 9.17) is 4.84 Å². The zero-order chi connectivity index (χ0) is 9.10. The third kappa shape index (κ3) is 2.06. The van der Waals surface area contributed by atoms with Crippen LogP contribution in [0.5, 0.6) is 0 Å². The predicted octanol–water partition coefficient (Wildman–Crippen LogP) is 1.01. The third-order valence-electron chi connectivity index (χ3n) is 2.21. The first kappa shape index (κ1) is 8.69. The van der Waals surface area contributed by atoms with Gasteiger partial charge in [0.2, 0.25) is 0 Å². The number of rotatable bonds is 1. The molecule has 3 nitrogen and oxygen atoms in total. The highest BCUT2D eigenvalue weighted by Gasteiger charge is 2.21. The first-order valence-electron chi connectivity index (χ1n) is 4.46. The molecule has 0 amide bonds. The van der Waals surface area contributed by atoms with Gasteiger partial charge >= 0.3 is 0 Å². The van der Waals surface area contributed by atoms with E-state index in [2.05, 4.69) is 5.48 Å². The van der Waals surface area contributed by atoms with Crippen molar-refractivity contribution in [2.75, 3.05) is 6.61 Å². The molecule has 1 aromatic rings. The van der Waals surface area contributed by atoms with E-state index in [1.807, 2.05) is 30.3 Å². The van der Waals surface area contributed by atoms with Gasteiger partial charge in [0.15, 0.2) is 0 Å². The van der Waals surface area contributed by atoms with Crippen molar-refractivity contribution in [2.24, 2.45) is 0 Å². The van der Waals surface area contributed by atoms with Gasteiger partial charge in [-0.2, -0.15) is 5.48 Å². The Balaban J connectivity index is 2.08. The van der Waals surface area contributed by atoms with Crippen LogP contribution in [-0.4, -0.2) is 17.8 Å². The molecule has 1 saturated heterocycles. The van der Waals surface area contributed by atoms with Crippen LogP contribution in [0.25, 0.3) is 0 Å². The monoisotopic (exact) mass is 179 g/mol. The lowest BCUT2D eigenvalue weighted by molar-refractivity contribution is -0.0840. The van der Waals surface area contributed by atoms with E-state index in [9.17, 15) is 5.11 Å². The molecule has 0 spiro atoms. The molecular formula is C10H13NO2. The zero-order valence-corrected chi connectivity index (χ0v) is 7.31. The van der Waals surface area contributed by atoms with Crippen molar-refractivity contribution in [2.45, 2.75) is 18.6 Å². The fourth-order valence-corrected chi connectivity index (χ4v) is 1.52. The lowest BCUT2D eigenvalue weighted by Crippen LogP contribution is -2.36. The van der Waals surface area contributed by atoms with Crippen molar-refractivity contribution < 1.29 is 9.94 Å². The van der Waals surface area contributed by atoms with E-state index >= 15 is 0 Å². The molecule has 0 unspecified atom stereocenters. The molecule has 0 aliphatic carbocycles. The highest BCUT2D eigenvalue weighted by molar-refractivity contribution is 5.18. The van der Waals surface area contributed by atoms with Gasteiger partial charge in [-0.1, -0.05) is 30.3 Å². The van der Waals surface area contributed by atoms with Crippen LogP contribution in [0.15, 0.2) is 30.3 Å². The minimum Gasteiger partial charge on any atom is -0.391 e. The minimum absolute atomic E-state index is 0.116. The average molecular weight is 179 g/mol. The summed E-state index contributed by atoms with van der Waals surface area (Å²) in [6, 6.07) is 10.1. The molecule has 0 bridgehead atoms. The molecule has 1 aliphatic rings. The topological polar surface area (TPSA) is 41.5 Å². The Hall–Kier alpha value is -0.900. The van der Waals surface area contributed by atoms with Crippen molar-refractivity contribution in [3.8, 4) is 0 Å². The normalized spacial score (nSPS) is 28.7. The lowest BCUT2D eigenvalue weighted by atomic mass is 10.0. The molecule has 13 heavy (non-hydrogen) atoms. The highest BCUT2D eigenvalue weighted by Crippen LogP contribution is 2.21. The SMILES string of the molecule is O[C@H]1CON[C@H](c2ccccc2)C1. The summed E-state index contributed by atoms with van der Waals surface area (Å²) in [5.41, 5.74) is 4.06. The van der Waals surface area contributed by atoms with Crippen LogP contribution in [0, 0.1) is 0 Å². The van der Waals surface area contributed by atoms with Gasteiger partial charge in [-0.15, -0.1) is 0 Å². The number of aliphatic hydroxyl groups is 1. The Morgan fingerprint density at radius 1 is 1.31 bits per heavy atom. The maximum absolute atomic E-state index is 9.38. The number of aliphatic hydroxyl groups excluding tert-OH is 1. The van der Waals surface area contributed by atoms with Gasteiger partial charge < -0.3 is 5.11 Å². The van der Waals surface area contributed by atoms with E-state index in [1.165, 1.54) is 0 Å². The highest BCUT2D eigenvalue weighted by atomic mass is 16.7. The molecule has 1 fully saturated rings. The summed E-state index contributed by atoms with van der Waals surface area (Å²) in [6.45, 7) is 0.378. The van der Waals surface area contributed by atoms with Crippen LogP contribution in [0.1, 0.15) is 18.0 Å². The van der Waals surface area contributed by atoms with Crippen molar-refractivity contribution >= 4 is 0 Å². The summed E-state index contributed by atoms with van der Waals surface area (Å²) in [4.78, 5) is 5.05. The first-order chi connectivity index (χ1) is 6.36. The van der Waals surface area contributed by atoms with Crippen molar-refractivity contribution in [3.63, 3.8) is 0 Å². The Kier molecular flexibility index (Phi) is 2.59. The maximum atomic E-state index is 9.38. The quantitative estimate of drug-likeness (QED) is 0.676. The standard InChI is InChI=1S/C10H13NO2/c12-9-6-10(11-13-7-9)8-4-2-1-3-5-8/h1-5,9-12H,6-7H2/t9-,10+/m1/s1. The molecule has 3 heteroatoms. The van der Waals surface area contributed by atoms with Gasteiger partial charge in [-0.05, 0) is 12.0 Å². The predicted molar refractivity (Wildman–Crippen MR) is 48.9 cm³/mol. The summed E-state index contributed by atoms with van der Waals surface area (Å²) in [5, 5.41) is 9.38. The number of hydroxylamine groups is 1. The summed E-state index contributed by atoms with van der Waals surface area (Å²) in [6.07, 6.45) is 0.357. The summed E-state index contributed by atoms with van der Waals surface area (Å²) in [5.74, 6) is 0. The van der Waals surface area contributed by atoms with Gasteiger partial charge in [0, 0.05) is 0 Å². The summed E-state index contributed by atoms with van der Waals surface area (Å²) >= 11 is 0. The molecule has 0 aromatic heterocycles. The average Bonchev–Trinajstić information content (AvgIpc) is 2.19. The molecule has 70 valence electrons. The van der Waals surface area contributed by atoms with Crippen LogP contribution in [0.2, 0.25) is 0 Å². The second kappa shape index (κ2) is 3.87. The number of benzene rings is 1. The van der Waals surface area contributed by atoms with Crippen LogP contribution in [-0.2, 0) is 4.84 Å². The van der Waals surface area contributed by atoms with Gasteiger partial charge in [0.05, 0.1) is 18.8 Å². The molecule has 2 N–H and O–H groups in total. The second-order valence-corrected chi connectivity index (χ2v) is 3.28. The first-order valence-corrected chi connectivity index (χ1v) is 4.46. The van der Waals surface area contributed by atoms with Crippen molar-refractivity contribution in [3.05, 3.63) is 35.9 Å². The Labute approximate surface area is 77.3 Å². The van der Waals surface area contributed by atoms with Crippen LogP contribution >= 0.6 is 0 Å². The van der Waals surface area contributed by atoms with E-state index in [-0.39, 0.29) is 12.1 Å². The smallest absolute Gasteiger partial charge is 0.0942 e. The third-order valence-corrected chi connectivity index (χ3v) is 2.21. The lowest BCUT2D eigenvalue weighted by Gasteiger charge is -2.27. The maximum Gasteiger partial charge on any atom is 0.0942 e. The zero-order valence-electron chi connectivity index (χ0n) is 7.31. The Morgan fingerprint density at radius 2 is 2.08 bits per heavy atom. The molecule has 0 radical (unpaired) electrons. The van der Waals surface area contributed by atoms with E-state index in [1.54, 1.807) is 0 Å².